The molecule has 2 aromatic carbocycles. The molecule has 2 aromatic rings. The van der Waals surface area contributed by atoms with E-state index < -0.39 is 152 Å². The molecule has 2 rings (SSSR count). The number of nitrogens with two attached hydrogens (primary N) is 3. The molecule has 29 nitrogen and oxygen atoms in total. The van der Waals surface area contributed by atoms with Crippen molar-refractivity contribution >= 4 is 71.1 Å². The predicted octanol–water partition coefficient (Wildman–Crippen LogP) is -2.99. The Bertz CT molecular complexity index is 2580. The van der Waals surface area contributed by atoms with Crippen LogP contribution < -0.4 is 65.1 Å². The van der Waals surface area contributed by atoms with Crippen LogP contribution in [0.25, 0.3) is 0 Å². The van der Waals surface area contributed by atoms with Crippen molar-refractivity contribution in [1.82, 2.24) is 47.9 Å². The van der Waals surface area contributed by atoms with Crippen LogP contribution in [0.2, 0.25) is 0 Å². The highest BCUT2D eigenvalue weighted by molar-refractivity contribution is 5.98. The molecule has 0 spiro atoms. The molecule has 29 heteroatoms. The van der Waals surface area contributed by atoms with E-state index in [1.165, 1.54) is 31.2 Å². The first-order chi connectivity index (χ1) is 40.0. The molecule has 0 unspecified atom stereocenters. The van der Waals surface area contributed by atoms with Gasteiger partial charge in [0.25, 0.3) is 0 Å². The molecule has 0 fully saturated rings. The number of aromatic hydroxyl groups is 1. The van der Waals surface area contributed by atoms with Gasteiger partial charge in [-0.1, -0.05) is 90.4 Å². The fourth-order valence-corrected chi connectivity index (χ4v) is 8.36. The number of carbonyl (C=O) groups excluding carboxylic acids is 9. The zero-order valence-electron chi connectivity index (χ0n) is 49.1. The number of benzene rings is 2. The number of guanidine groups is 1. The molecule has 0 aliphatic rings. The molecule has 0 aromatic heterocycles. The van der Waals surface area contributed by atoms with Crippen LogP contribution in [0.5, 0.6) is 5.75 Å². The highest BCUT2D eigenvalue weighted by atomic mass is 16.4. The number of carbonyl (C=O) groups is 11. The number of aliphatic hydroxyl groups excluding tert-OH is 2. The number of aliphatic carboxylic acids is 2. The number of hydrogen-bond acceptors (Lipinski definition) is 16. The summed E-state index contributed by atoms with van der Waals surface area (Å²) in [5.74, 6) is -12.3. The topological polar surface area (TPSA) is 488 Å². The highest BCUT2D eigenvalue weighted by Crippen LogP contribution is 2.15. The predicted molar refractivity (Wildman–Crippen MR) is 310 cm³/mol. The molecule has 0 bridgehead atoms. The lowest BCUT2D eigenvalue weighted by Gasteiger charge is -2.29. The first-order valence-electron chi connectivity index (χ1n) is 28.0. The fraction of sp³-hybridized carbons (Fsp3) is 0.571. The summed E-state index contributed by atoms with van der Waals surface area (Å²) in [4.78, 5) is 151. The Balaban J connectivity index is 2.48. The van der Waals surface area contributed by atoms with Gasteiger partial charge in [-0.2, -0.15) is 0 Å². The number of phenols is 1. The standard InChI is InChI=1S/C56H87N13O16/c1-8-31(6)45(57)53(82)66-38(23-29(2)3)51(80)69-46(32(7)71)54(83)67-40(26-34-16-18-35(72)19-17-34)50(79)65-39(25-33-13-10-9-11-14-33)49(78)63-36(15-12-22-60-56(58)59)47(76)61-27-43(73)62-42(28-70)52(81)64-37(20-21-44(74)75)48(77)68-41(55(84)85)24-30(4)5/h9-11,13-14,16-19,29-32,36-42,45-46,70-72H,8,12,15,20-28,57H2,1-7H3,(H,61,76)(H,62,73)(H,63,78)(H,64,81)(H,65,79)(H,66,82)(H,67,83)(H,68,77)(H,69,80)(H,74,75)(H,84,85)(H4,58,59,60)/t31-,32+,36-,37-,38-,39-,40-,41-,42-,45-,46-/m0/s1. The Labute approximate surface area is 493 Å². The molecular weight excluding hydrogens is 1110 g/mol. The molecular formula is C56H87N13O16. The summed E-state index contributed by atoms with van der Waals surface area (Å²) < 4.78 is 0. The third-order valence-corrected chi connectivity index (χ3v) is 13.3. The number of phenolic OH excluding ortho intramolecular Hbond substituents is 1. The van der Waals surface area contributed by atoms with E-state index >= 15 is 0 Å². The molecule has 0 radical (unpaired) electrons. The van der Waals surface area contributed by atoms with Gasteiger partial charge >= 0.3 is 11.9 Å². The van der Waals surface area contributed by atoms with Gasteiger partial charge in [-0.25, -0.2) is 4.79 Å². The van der Waals surface area contributed by atoms with E-state index in [2.05, 4.69) is 52.8 Å². The summed E-state index contributed by atoms with van der Waals surface area (Å²) in [5, 5.41) is 71.9. The van der Waals surface area contributed by atoms with E-state index in [-0.39, 0.29) is 74.5 Å². The first-order valence-corrected chi connectivity index (χ1v) is 28.0. The smallest absolute Gasteiger partial charge is 0.326 e. The Kier molecular flexibility index (Phi) is 31.6. The maximum absolute atomic E-state index is 14.6. The first kappa shape index (κ1) is 72.7. The summed E-state index contributed by atoms with van der Waals surface area (Å²) in [5.41, 5.74) is 18.1. The lowest BCUT2D eigenvalue weighted by atomic mass is 9.97. The zero-order chi connectivity index (χ0) is 64.1. The SMILES string of the molecule is CC[C@H](C)[C@H](N)C(=O)N[C@@H](CC(C)C)C(=O)N[C@H](C(=O)N[C@@H](Cc1ccc(O)cc1)C(=O)N[C@@H](Cc1ccccc1)C(=O)N[C@@H](CCCN=C(N)N)C(=O)NCC(=O)N[C@@H](CO)C(=O)N[C@@H](CCC(=O)O)C(=O)N[C@@H](CC(C)C)C(=O)O)[C@@H](C)O. The third-order valence-electron chi connectivity index (χ3n) is 13.3. The Morgan fingerprint density at radius 3 is 1.53 bits per heavy atom. The van der Waals surface area contributed by atoms with Crippen molar-refractivity contribution in [2.45, 2.75) is 167 Å². The normalized spacial score (nSPS) is 15.0. The van der Waals surface area contributed by atoms with Crippen LogP contribution in [0.1, 0.15) is 105 Å². The number of rotatable bonds is 38. The minimum Gasteiger partial charge on any atom is -0.508 e. The quantitative estimate of drug-likeness (QED) is 0.0181. The van der Waals surface area contributed by atoms with Crippen LogP contribution in [0, 0.1) is 17.8 Å². The number of carboxylic acids is 2. The monoisotopic (exact) mass is 1200 g/mol. The molecule has 11 atom stereocenters. The van der Waals surface area contributed by atoms with Gasteiger partial charge in [0.2, 0.25) is 53.2 Å². The molecule has 85 heavy (non-hydrogen) atoms. The number of nitrogens with one attached hydrogen (secondary N) is 9. The van der Waals surface area contributed by atoms with Crippen LogP contribution in [-0.2, 0) is 65.6 Å². The second-order valence-electron chi connectivity index (χ2n) is 21.6. The van der Waals surface area contributed by atoms with Crippen molar-refractivity contribution in [3.05, 3.63) is 65.7 Å². The number of hydrogen-bond donors (Lipinski definition) is 17. The molecule has 0 saturated carbocycles. The number of carboxylic acid groups (broad SMARTS) is 2. The van der Waals surface area contributed by atoms with Gasteiger partial charge in [-0.3, -0.25) is 52.9 Å². The Hall–Kier alpha value is -8.44. The van der Waals surface area contributed by atoms with Crippen LogP contribution in [0.3, 0.4) is 0 Å². The molecule has 472 valence electrons. The number of nitrogens with zero attached hydrogens (tertiary/aromatic N) is 1. The largest absolute Gasteiger partial charge is 0.508 e. The number of aliphatic imine (C=N–C) groups is 1. The van der Waals surface area contributed by atoms with Crippen molar-refractivity contribution in [1.29, 1.82) is 0 Å². The van der Waals surface area contributed by atoms with Gasteiger partial charge in [-0.15, -0.1) is 0 Å². The minimum atomic E-state index is -1.78. The number of aliphatic hydroxyl groups is 2. The van der Waals surface area contributed by atoms with E-state index in [9.17, 15) is 78.3 Å². The zero-order valence-corrected chi connectivity index (χ0v) is 49.1. The Morgan fingerprint density at radius 2 is 1.02 bits per heavy atom. The van der Waals surface area contributed by atoms with Crippen molar-refractivity contribution in [2.24, 2.45) is 39.9 Å². The van der Waals surface area contributed by atoms with E-state index in [1.807, 2.05) is 6.92 Å². The van der Waals surface area contributed by atoms with Crippen LogP contribution in [0.15, 0.2) is 59.6 Å². The van der Waals surface area contributed by atoms with E-state index in [4.69, 9.17) is 17.2 Å². The molecule has 0 aliphatic heterocycles. The van der Waals surface area contributed by atoms with Gasteiger partial charge in [0, 0.05) is 25.8 Å². The molecule has 20 N–H and O–H groups in total. The van der Waals surface area contributed by atoms with Gasteiger partial charge < -0.3 is 90.6 Å². The van der Waals surface area contributed by atoms with Crippen LogP contribution in [0.4, 0.5) is 0 Å². The highest BCUT2D eigenvalue weighted by Gasteiger charge is 2.36. The summed E-state index contributed by atoms with van der Waals surface area (Å²) in [6.45, 7) is 9.89. The number of amides is 9. The van der Waals surface area contributed by atoms with Crippen LogP contribution >= 0.6 is 0 Å². The van der Waals surface area contributed by atoms with Gasteiger partial charge in [0.15, 0.2) is 5.96 Å². The average molecular weight is 1200 g/mol. The summed E-state index contributed by atoms with van der Waals surface area (Å²) in [6.07, 6.45) is -2.62. The summed E-state index contributed by atoms with van der Waals surface area (Å²) in [6, 6.07) is 0.712. The minimum absolute atomic E-state index is 0.00432. The van der Waals surface area contributed by atoms with Gasteiger partial charge in [-0.05, 0) is 80.0 Å². The average Bonchev–Trinajstić information content (AvgIpc) is 3.54. The van der Waals surface area contributed by atoms with Crippen molar-refractivity contribution in [3.8, 4) is 5.75 Å². The van der Waals surface area contributed by atoms with Gasteiger partial charge in [0.1, 0.15) is 54.1 Å². The van der Waals surface area contributed by atoms with Crippen molar-refractivity contribution < 1.29 is 78.3 Å². The van der Waals surface area contributed by atoms with E-state index in [1.54, 1.807) is 65.0 Å². The van der Waals surface area contributed by atoms with Gasteiger partial charge in [0.05, 0.1) is 25.3 Å². The summed E-state index contributed by atoms with van der Waals surface area (Å²) in [7, 11) is 0. The summed E-state index contributed by atoms with van der Waals surface area (Å²) >= 11 is 0. The third kappa shape index (κ3) is 27.2. The molecule has 0 aliphatic carbocycles. The maximum atomic E-state index is 14.6. The fourth-order valence-electron chi connectivity index (χ4n) is 8.36. The second kappa shape index (κ2) is 37.0. The van der Waals surface area contributed by atoms with Crippen LogP contribution in [-0.4, -0.2) is 177 Å². The van der Waals surface area contributed by atoms with Crippen molar-refractivity contribution in [2.75, 3.05) is 19.7 Å². The molecule has 9 amide bonds. The maximum Gasteiger partial charge on any atom is 0.326 e. The lowest BCUT2D eigenvalue weighted by molar-refractivity contribution is -0.143. The second-order valence-corrected chi connectivity index (χ2v) is 21.6. The Morgan fingerprint density at radius 1 is 0.553 bits per heavy atom. The van der Waals surface area contributed by atoms with E-state index in [0.29, 0.717) is 17.5 Å². The lowest BCUT2D eigenvalue weighted by Crippen LogP contribution is -2.62. The molecule has 0 heterocycles. The van der Waals surface area contributed by atoms with Crippen molar-refractivity contribution in [3.63, 3.8) is 0 Å². The van der Waals surface area contributed by atoms with E-state index in [0.717, 1.165) is 0 Å². The molecule has 0 saturated heterocycles.